The lowest BCUT2D eigenvalue weighted by Crippen LogP contribution is -2.16. The maximum atomic E-state index is 13.6. The van der Waals surface area contributed by atoms with Crippen LogP contribution in [0.2, 0.25) is 5.02 Å². The molecule has 0 aliphatic carbocycles. The summed E-state index contributed by atoms with van der Waals surface area (Å²) >= 11 is 5.92. The van der Waals surface area contributed by atoms with Crippen LogP contribution in [0.1, 0.15) is 38.5 Å². The van der Waals surface area contributed by atoms with E-state index in [1.165, 1.54) is 18.5 Å². The third-order valence-corrected chi connectivity index (χ3v) is 5.90. The summed E-state index contributed by atoms with van der Waals surface area (Å²) in [6.07, 6.45) is 5.50. The summed E-state index contributed by atoms with van der Waals surface area (Å²) in [5.74, 6) is 0.385. The highest BCUT2D eigenvalue weighted by molar-refractivity contribution is 6.31. The van der Waals surface area contributed by atoms with E-state index in [1.807, 2.05) is 12.1 Å². The third-order valence-electron chi connectivity index (χ3n) is 5.61. The van der Waals surface area contributed by atoms with Gasteiger partial charge in [0.1, 0.15) is 24.1 Å². The molecule has 3 aromatic rings. The van der Waals surface area contributed by atoms with Crippen molar-refractivity contribution in [1.82, 2.24) is 9.97 Å². The molecule has 1 fully saturated rings. The van der Waals surface area contributed by atoms with Gasteiger partial charge >= 0.3 is 5.97 Å². The summed E-state index contributed by atoms with van der Waals surface area (Å²) in [6, 6.07) is 8.01. The molecule has 0 spiro atoms. The molecule has 2 heterocycles. The number of nitrogens with one attached hydrogen (secondary N) is 1. The SMILES string of the molecule is O=C(O)CCCCCCOc1cc2c(Nc3ccc(F)c(Cl)c3)ncnc2cc1OC1CCOC1. The largest absolute Gasteiger partial charge is 0.490 e. The Morgan fingerprint density at radius 2 is 2.03 bits per heavy atom. The van der Waals surface area contributed by atoms with Crippen LogP contribution in [0.15, 0.2) is 36.7 Å². The van der Waals surface area contributed by atoms with Crippen molar-refractivity contribution in [3.63, 3.8) is 0 Å². The molecule has 1 atom stereocenters. The normalized spacial score (nSPS) is 15.3. The van der Waals surface area contributed by atoms with Crippen molar-refractivity contribution in [2.45, 2.75) is 44.6 Å². The number of aliphatic carboxylic acids is 1. The molecule has 0 amide bonds. The van der Waals surface area contributed by atoms with Gasteiger partial charge in [0.2, 0.25) is 0 Å². The van der Waals surface area contributed by atoms with Crippen LogP contribution < -0.4 is 14.8 Å². The Balaban J connectivity index is 1.53. The molecule has 1 aromatic heterocycles. The highest BCUT2D eigenvalue weighted by Crippen LogP contribution is 2.36. The van der Waals surface area contributed by atoms with E-state index in [2.05, 4.69) is 15.3 Å². The van der Waals surface area contributed by atoms with Gasteiger partial charge in [0.25, 0.3) is 0 Å². The Bertz CT molecular complexity index is 1170. The summed E-state index contributed by atoms with van der Waals surface area (Å²) in [7, 11) is 0. The number of benzene rings is 2. The van der Waals surface area contributed by atoms with Crippen LogP contribution >= 0.6 is 11.6 Å². The number of carbonyl (C=O) groups is 1. The van der Waals surface area contributed by atoms with E-state index >= 15 is 0 Å². The van der Waals surface area contributed by atoms with Crippen LogP contribution in [0.5, 0.6) is 11.5 Å². The molecule has 8 nitrogen and oxygen atoms in total. The number of ether oxygens (including phenoxy) is 3. The molecule has 1 unspecified atom stereocenters. The first-order chi connectivity index (χ1) is 17.0. The van der Waals surface area contributed by atoms with Crippen LogP contribution in [0, 0.1) is 5.82 Å². The molecule has 1 saturated heterocycles. The van der Waals surface area contributed by atoms with Gasteiger partial charge in [-0.05, 0) is 37.1 Å². The van der Waals surface area contributed by atoms with Crippen LogP contribution in [-0.2, 0) is 9.53 Å². The zero-order valence-corrected chi connectivity index (χ0v) is 19.9. The second-order valence-electron chi connectivity index (χ2n) is 8.30. The van der Waals surface area contributed by atoms with Gasteiger partial charge in [-0.3, -0.25) is 4.79 Å². The highest BCUT2D eigenvalue weighted by Gasteiger charge is 2.21. The number of aromatic nitrogens is 2. The zero-order chi connectivity index (χ0) is 24.6. The molecular weight excluding hydrogens is 477 g/mol. The Morgan fingerprint density at radius 1 is 1.17 bits per heavy atom. The van der Waals surface area contributed by atoms with Crippen molar-refractivity contribution in [2.75, 3.05) is 25.1 Å². The average molecular weight is 504 g/mol. The van der Waals surface area contributed by atoms with Gasteiger partial charge in [-0.15, -0.1) is 0 Å². The van der Waals surface area contributed by atoms with Gasteiger partial charge in [-0.1, -0.05) is 24.4 Å². The molecule has 10 heteroatoms. The van der Waals surface area contributed by atoms with E-state index < -0.39 is 11.8 Å². The Hall–Kier alpha value is -3.17. The van der Waals surface area contributed by atoms with Crippen LogP contribution in [0.4, 0.5) is 15.9 Å². The molecule has 0 saturated carbocycles. The molecule has 35 heavy (non-hydrogen) atoms. The van der Waals surface area contributed by atoms with Crippen molar-refractivity contribution in [2.24, 2.45) is 0 Å². The Labute approximate surface area is 207 Å². The number of hydrogen-bond donors (Lipinski definition) is 2. The fourth-order valence-corrected chi connectivity index (χ4v) is 3.96. The quantitative estimate of drug-likeness (QED) is 0.301. The predicted octanol–water partition coefficient (Wildman–Crippen LogP) is 5.75. The van der Waals surface area contributed by atoms with E-state index in [4.69, 9.17) is 30.9 Å². The van der Waals surface area contributed by atoms with Gasteiger partial charge in [-0.25, -0.2) is 14.4 Å². The monoisotopic (exact) mass is 503 g/mol. The smallest absolute Gasteiger partial charge is 0.303 e. The third kappa shape index (κ3) is 6.93. The summed E-state index contributed by atoms with van der Waals surface area (Å²) in [6.45, 7) is 1.63. The Morgan fingerprint density at radius 3 is 2.80 bits per heavy atom. The fraction of sp³-hybridized carbons (Fsp3) is 0.400. The van der Waals surface area contributed by atoms with E-state index in [1.54, 1.807) is 6.07 Å². The Kier molecular flexibility index (Phi) is 8.54. The second kappa shape index (κ2) is 12.0. The van der Waals surface area contributed by atoms with E-state index in [0.717, 1.165) is 25.7 Å². The first-order valence-corrected chi connectivity index (χ1v) is 12.0. The number of nitrogens with zero attached hydrogens (tertiary/aromatic N) is 2. The molecule has 2 aromatic carbocycles. The summed E-state index contributed by atoms with van der Waals surface area (Å²) in [4.78, 5) is 19.4. The second-order valence-corrected chi connectivity index (χ2v) is 8.71. The molecule has 0 bridgehead atoms. The molecule has 1 aliphatic rings. The number of rotatable bonds is 12. The van der Waals surface area contributed by atoms with Crippen molar-refractivity contribution < 1.29 is 28.5 Å². The van der Waals surface area contributed by atoms with E-state index in [9.17, 15) is 9.18 Å². The number of anilines is 2. The van der Waals surface area contributed by atoms with Gasteiger partial charge < -0.3 is 24.6 Å². The van der Waals surface area contributed by atoms with E-state index in [0.29, 0.717) is 60.1 Å². The average Bonchev–Trinajstić information content (AvgIpc) is 3.34. The van der Waals surface area contributed by atoms with Crippen molar-refractivity contribution in [1.29, 1.82) is 0 Å². The van der Waals surface area contributed by atoms with Gasteiger partial charge in [-0.2, -0.15) is 0 Å². The summed E-state index contributed by atoms with van der Waals surface area (Å²) in [5, 5.41) is 12.6. The van der Waals surface area contributed by atoms with Crippen LogP contribution in [-0.4, -0.2) is 47.0 Å². The highest BCUT2D eigenvalue weighted by atomic mass is 35.5. The molecular formula is C25H27ClFN3O5. The zero-order valence-electron chi connectivity index (χ0n) is 19.1. The standard InChI is InChI=1S/C25H27ClFN3O5/c26-19-11-16(6-7-20(19)27)30-25-18-12-22(34-9-4-2-1-3-5-24(31)32)23(13-21(18)28-15-29-25)35-17-8-10-33-14-17/h6-7,11-13,15,17H,1-5,8-10,14H2,(H,31,32)(H,28,29,30). The van der Waals surface area contributed by atoms with Crippen molar-refractivity contribution in [3.05, 3.63) is 47.5 Å². The number of carboxylic acid groups (broad SMARTS) is 1. The molecule has 1 aliphatic heterocycles. The molecule has 2 N–H and O–H groups in total. The predicted molar refractivity (Wildman–Crippen MR) is 130 cm³/mol. The topological polar surface area (TPSA) is 103 Å². The molecule has 186 valence electrons. The minimum absolute atomic E-state index is 0.00945. The molecule has 4 rings (SSSR count). The minimum atomic E-state index is -0.773. The van der Waals surface area contributed by atoms with E-state index in [-0.39, 0.29) is 17.5 Å². The van der Waals surface area contributed by atoms with Gasteiger partial charge in [0.05, 0.1) is 30.4 Å². The number of unbranched alkanes of at least 4 members (excludes halogenated alkanes) is 3. The fourth-order valence-electron chi connectivity index (χ4n) is 3.78. The van der Waals surface area contributed by atoms with Crippen molar-refractivity contribution >= 4 is 40.0 Å². The number of halogens is 2. The lowest BCUT2D eigenvalue weighted by molar-refractivity contribution is -0.137. The lowest BCUT2D eigenvalue weighted by atomic mass is 10.1. The number of fused-ring (bicyclic) bond motifs is 1. The summed E-state index contributed by atoms with van der Waals surface area (Å²) < 4.78 is 31.2. The van der Waals surface area contributed by atoms with Crippen LogP contribution in [0.3, 0.4) is 0 Å². The number of carboxylic acids is 1. The van der Waals surface area contributed by atoms with Gasteiger partial charge in [0.15, 0.2) is 11.5 Å². The first-order valence-electron chi connectivity index (χ1n) is 11.6. The molecule has 0 radical (unpaired) electrons. The maximum absolute atomic E-state index is 13.6. The number of hydrogen-bond acceptors (Lipinski definition) is 7. The lowest BCUT2D eigenvalue weighted by Gasteiger charge is -2.18. The van der Waals surface area contributed by atoms with Gasteiger partial charge in [0, 0.05) is 30.0 Å². The minimum Gasteiger partial charge on any atom is -0.490 e. The first kappa shape index (κ1) is 24.9. The van der Waals surface area contributed by atoms with Crippen molar-refractivity contribution in [3.8, 4) is 11.5 Å². The summed E-state index contributed by atoms with van der Waals surface area (Å²) in [5.41, 5.74) is 1.24. The maximum Gasteiger partial charge on any atom is 0.303 e. The van der Waals surface area contributed by atoms with Crippen LogP contribution in [0.25, 0.3) is 10.9 Å².